The van der Waals surface area contributed by atoms with Gasteiger partial charge >= 0.3 is 80.9 Å². The van der Waals surface area contributed by atoms with Crippen molar-refractivity contribution in [3.8, 4) is 0 Å². The van der Waals surface area contributed by atoms with Crippen LogP contribution < -0.4 is 34.7 Å². The van der Waals surface area contributed by atoms with Crippen molar-refractivity contribution in [3.05, 3.63) is 0 Å². The van der Waals surface area contributed by atoms with Crippen LogP contribution in [0.2, 0.25) is 0 Å². The first kappa shape index (κ1) is 16.3. The van der Waals surface area contributed by atoms with E-state index in [0.717, 1.165) is 0 Å². The Bertz CT molecular complexity index is 27.2. The molecule has 0 bridgehead atoms. The van der Waals surface area contributed by atoms with Crippen LogP contribution in [0, 0.1) is 0 Å². The van der Waals surface area contributed by atoms with Gasteiger partial charge in [-0.3, -0.25) is 0 Å². The van der Waals surface area contributed by atoms with E-state index in [0.29, 0.717) is 0 Å². The maximum Gasteiger partial charge on any atom is 1.00 e. The third-order valence-corrected chi connectivity index (χ3v) is 0. The number of rotatable bonds is 0. The van der Waals surface area contributed by atoms with Gasteiger partial charge in [-0.2, -0.15) is 0 Å². The molecule has 0 aromatic heterocycles. The summed E-state index contributed by atoms with van der Waals surface area (Å²) in [7, 11) is 0. The van der Waals surface area contributed by atoms with Crippen LogP contribution in [-0.4, -0.2) is 57.0 Å². The van der Waals surface area contributed by atoms with Gasteiger partial charge < -0.3 is 5.11 Å². The van der Waals surface area contributed by atoms with Crippen LogP contribution in [0.25, 0.3) is 0 Å². The first-order valence-electron chi connectivity index (χ1n) is 1.70. The van der Waals surface area contributed by atoms with Crippen LogP contribution in [0.4, 0.5) is 0 Å². The van der Waals surface area contributed by atoms with E-state index in [1.165, 1.54) is 0 Å². The summed E-state index contributed by atoms with van der Waals surface area (Å²) in [4.78, 5) is 0. The summed E-state index contributed by atoms with van der Waals surface area (Å²) in [6.45, 7) is 4.90. The topological polar surface area (TPSA) is 23.1 Å². The van der Waals surface area contributed by atoms with E-state index in [2.05, 4.69) is 0 Å². The second-order valence-electron chi connectivity index (χ2n) is 2.11. The van der Waals surface area contributed by atoms with Crippen molar-refractivity contribution in [1.82, 2.24) is 0 Å². The summed E-state index contributed by atoms with van der Waals surface area (Å²) in [5.74, 6) is 0. The second kappa shape index (κ2) is 6.71. The minimum atomic E-state index is -0.750. The molecule has 0 rings (SSSR count). The van der Waals surface area contributed by atoms with E-state index >= 15 is 0 Å². The van der Waals surface area contributed by atoms with Gasteiger partial charge in [-0.25, -0.2) is 0 Å². The van der Waals surface area contributed by atoms with E-state index in [4.69, 9.17) is 0 Å². The van der Waals surface area contributed by atoms with E-state index < -0.39 is 5.60 Å². The Morgan fingerprint density at radius 1 is 1.14 bits per heavy atom. The van der Waals surface area contributed by atoms with Crippen LogP contribution in [0.3, 0.4) is 0 Å². The minimum Gasteiger partial charge on any atom is 1.00 e. The fourth-order valence-corrected chi connectivity index (χ4v) is 0. The summed E-state index contributed by atoms with van der Waals surface area (Å²) < 4.78 is 0. The molecule has 0 aromatic carbocycles. The molecule has 0 radical (unpaired) electrons. The third-order valence-electron chi connectivity index (χ3n) is 0. The average Bonchev–Trinajstić information content (AvgIpc) is 0.722. The normalized spacial score (nSPS) is 8.57. The summed E-state index contributed by atoms with van der Waals surface area (Å²) in [5.41, 5.74) is -0.750. The van der Waals surface area contributed by atoms with Crippen LogP contribution in [0.1, 0.15) is 20.8 Å². The monoisotopic (exact) mass is 136 g/mol. The third kappa shape index (κ3) is 55.5. The van der Waals surface area contributed by atoms with E-state index in [-0.39, 0.29) is 80.9 Å². The average molecular weight is 136 g/mol. The van der Waals surface area contributed by atoms with Crippen molar-refractivity contribution in [2.75, 3.05) is 0 Å². The molecule has 0 aliphatic carbocycles. The molecule has 0 spiro atoms. The van der Waals surface area contributed by atoms with Gasteiger partial charge in [-0.05, 0) is 0 Å². The van der Waals surface area contributed by atoms with Gasteiger partial charge in [0.15, 0.2) is 0 Å². The van der Waals surface area contributed by atoms with Crippen LogP contribution in [0.15, 0.2) is 0 Å². The Labute approximate surface area is 110 Å². The number of hydrogen-bond acceptors (Lipinski definition) is 1. The van der Waals surface area contributed by atoms with Gasteiger partial charge in [-0.15, -0.1) is 5.60 Å². The largest absolute Gasteiger partial charge is 1.00 e. The molecule has 0 saturated carbocycles. The molecule has 0 aliphatic rings. The zero-order valence-electron chi connectivity index (χ0n) is 4.91. The number of hydrogen-bond donors (Lipinski definition) is 0. The molecule has 0 atom stereocenters. The fraction of sp³-hybridized carbons (Fsp3) is 1.00. The van der Waals surface area contributed by atoms with Gasteiger partial charge in [-0.1, -0.05) is 20.8 Å². The summed E-state index contributed by atoms with van der Waals surface area (Å²) in [6, 6.07) is 0. The fourth-order valence-electron chi connectivity index (χ4n) is 0. The predicted molar refractivity (Wildman–Crippen MR) is 26.9 cm³/mol. The molecule has 0 aromatic rings. The van der Waals surface area contributed by atoms with Gasteiger partial charge in [0.05, 0.1) is 0 Å². The standard InChI is InChI=1S/C4H9O.K.Na.H/c1-4(2,3)5;;;/h1-3H3;;;/q-1;;+1;. The molecule has 0 saturated heterocycles. The smallest absolute Gasteiger partial charge is 1.00 e. The van der Waals surface area contributed by atoms with Crippen molar-refractivity contribution in [2.45, 2.75) is 26.4 Å². The first-order chi connectivity index (χ1) is 2.00. The van der Waals surface area contributed by atoms with E-state index in [1.54, 1.807) is 20.8 Å². The maximum absolute atomic E-state index is 10.1. The van der Waals surface area contributed by atoms with Gasteiger partial charge in [0.2, 0.25) is 0 Å². The van der Waals surface area contributed by atoms with Crippen molar-refractivity contribution in [3.63, 3.8) is 0 Å². The van der Waals surface area contributed by atoms with Gasteiger partial charge in [0.25, 0.3) is 0 Å². The molecular weight excluding hydrogens is 126 g/mol. The molecule has 0 heterocycles. The SMILES string of the molecule is CC(C)(C)[O-].[KH].[Na+]. The predicted octanol–water partition coefficient (Wildman–Crippen LogP) is -3.50. The molecule has 0 aliphatic heterocycles. The second-order valence-corrected chi connectivity index (χ2v) is 2.11. The Kier molecular flexibility index (Phi) is 15.6. The van der Waals surface area contributed by atoms with Crippen molar-refractivity contribution in [2.24, 2.45) is 0 Å². The molecule has 3 heteroatoms. The molecule has 7 heavy (non-hydrogen) atoms. The zero-order chi connectivity index (χ0) is 4.50. The molecular formula is C4H10KNaO. The van der Waals surface area contributed by atoms with E-state index in [9.17, 15) is 5.11 Å². The van der Waals surface area contributed by atoms with Gasteiger partial charge in [0.1, 0.15) is 0 Å². The van der Waals surface area contributed by atoms with Crippen LogP contribution >= 0.6 is 0 Å². The zero-order valence-corrected chi connectivity index (χ0v) is 6.91. The Morgan fingerprint density at radius 3 is 1.14 bits per heavy atom. The van der Waals surface area contributed by atoms with Crippen LogP contribution in [-0.2, 0) is 0 Å². The Morgan fingerprint density at radius 2 is 1.14 bits per heavy atom. The van der Waals surface area contributed by atoms with Gasteiger partial charge in [0, 0.05) is 0 Å². The summed E-state index contributed by atoms with van der Waals surface area (Å²) >= 11 is 0. The quantitative estimate of drug-likeness (QED) is 0.317. The molecule has 0 amide bonds. The van der Waals surface area contributed by atoms with Crippen LogP contribution in [0.5, 0.6) is 0 Å². The molecule has 1 nitrogen and oxygen atoms in total. The molecule has 34 valence electrons. The van der Waals surface area contributed by atoms with E-state index in [1.807, 2.05) is 0 Å². The minimum absolute atomic E-state index is 0. The molecule has 0 unspecified atom stereocenters. The maximum atomic E-state index is 10.1. The Hall–Kier alpha value is 2.60. The summed E-state index contributed by atoms with van der Waals surface area (Å²) in [5, 5.41) is 10.1. The Balaban J connectivity index is -0.0000000800. The van der Waals surface area contributed by atoms with Crippen molar-refractivity contribution >= 4 is 51.4 Å². The summed E-state index contributed by atoms with van der Waals surface area (Å²) in [6.07, 6.45) is 0. The van der Waals surface area contributed by atoms with Crippen molar-refractivity contribution < 1.29 is 34.7 Å². The molecule has 0 N–H and O–H groups in total. The molecule has 0 fully saturated rings. The first-order valence-corrected chi connectivity index (χ1v) is 1.70. The van der Waals surface area contributed by atoms with Crippen molar-refractivity contribution in [1.29, 1.82) is 0 Å².